The molecule has 0 amide bonds. The summed E-state index contributed by atoms with van der Waals surface area (Å²) in [5, 5.41) is 14.3. The minimum absolute atomic E-state index is 0.351. The minimum Gasteiger partial charge on any atom is -0.490 e. The first-order chi connectivity index (χ1) is 14.2. The fraction of sp³-hybridized carbons (Fsp3) is 0.250. The van der Waals surface area contributed by atoms with E-state index >= 15 is 0 Å². The third kappa shape index (κ3) is 5.97. The first-order valence-corrected chi connectivity index (χ1v) is 10.1. The molecule has 0 bridgehead atoms. The monoisotopic (exact) mass is 411 g/mol. The standard InChI is InChI=1S/C24H26ClNO3/c1-2-28-23-14-8-12-19(15-26-16-22(27)18-9-4-3-5-10-18)24(23)29-17-20-11-6-7-13-21(20)25/h3-14,22,26-27H,2,15-17H2,1H3. The molecule has 0 aliphatic heterocycles. The molecule has 1 atom stereocenters. The van der Waals surface area contributed by atoms with E-state index in [4.69, 9.17) is 21.1 Å². The second-order valence-electron chi connectivity index (χ2n) is 6.61. The van der Waals surface area contributed by atoms with E-state index in [0.717, 1.165) is 16.7 Å². The Hall–Kier alpha value is -2.53. The van der Waals surface area contributed by atoms with Crippen molar-refractivity contribution in [1.29, 1.82) is 0 Å². The van der Waals surface area contributed by atoms with Crippen molar-refractivity contribution < 1.29 is 14.6 Å². The molecule has 3 aromatic carbocycles. The SMILES string of the molecule is CCOc1cccc(CNCC(O)c2ccccc2)c1OCc1ccccc1Cl. The van der Waals surface area contributed by atoms with Crippen molar-refractivity contribution in [1.82, 2.24) is 5.32 Å². The predicted molar refractivity (Wildman–Crippen MR) is 117 cm³/mol. The number of hydrogen-bond donors (Lipinski definition) is 2. The van der Waals surface area contributed by atoms with Gasteiger partial charge in [-0.3, -0.25) is 0 Å². The first kappa shape index (κ1) is 21.2. The van der Waals surface area contributed by atoms with E-state index in [0.29, 0.717) is 42.8 Å². The molecule has 0 saturated carbocycles. The summed E-state index contributed by atoms with van der Waals surface area (Å²) in [7, 11) is 0. The Labute approximate surface area is 177 Å². The fourth-order valence-corrected chi connectivity index (χ4v) is 3.23. The maximum atomic E-state index is 10.4. The van der Waals surface area contributed by atoms with Gasteiger partial charge in [-0.25, -0.2) is 0 Å². The topological polar surface area (TPSA) is 50.7 Å². The van der Waals surface area contributed by atoms with Crippen LogP contribution in [0, 0.1) is 0 Å². The molecule has 3 rings (SSSR count). The van der Waals surface area contributed by atoms with Gasteiger partial charge in [0.2, 0.25) is 0 Å². The molecular formula is C24H26ClNO3. The molecular weight excluding hydrogens is 386 g/mol. The van der Waals surface area contributed by atoms with Gasteiger partial charge in [0.05, 0.1) is 12.7 Å². The van der Waals surface area contributed by atoms with Crippen LogP contribution in [0.5, 0.6) is 11.5 Å². The molecule has 0 radical (unpaired) electrons. The van der Waals surface area contributed by atoms with E-state index in [-0.39, 0.29) is 0 Å². The van der Waals surface area contributed by atoms with Crippen LogP contribution >= 0.6 is 11.6 Å². The number of aliphatic hydroxyl groups excluding tert-OH is 1. The summed E-state index contributed by atoms with van der Waals surface area (Å²) in [4.78, 5) is 0. The van der Waals surface area contributed by atoms with Gasteiger partial charge in [-0.1, -0.05) is 72.3 Å². The second kappa shape index (κ2) is 10.9. The lowest BCUT2D eigenvalue weighted by Gasteiger charge is -2.18. The summed E-state index contributed by atoms with van der Waals surface area (Å²) in [6.07, 6.45) is -0.571. The summed E-state index contributed by atoms with van der Waals surface area (Å²) in [6, 6.07) is 23.1. The minimum atomic E-state index is -0.571. The Morgan fingerprint density at radius 3 is 2.38 bits per heavy atom. The van der Waals surface area contributed by atoms with Gasteiger partial charge in [0.1, 0.15) is 6.61 Å². The second-order valence-corrected chi connectivity index (χ2v) is 7.02. The van der Waals surface area contributed by atoms with Gasteiger partial charge in [-0.05, 0) is 24.6 Å². The Kier molecular flexibility index (Phi) is 7.94. The van der Waals surface area contributed by atoms with Crippen LogP contribution in [0.25, 0.3) is 0 Å². The molecule has 0 aromatic heterocycles. The molecule has 1 unspecified atom stereocenters. The lowest BCUT2D eigenvalue weighted by Crippen LogP contribution is -2.21. The molecule has 29 heavy (non-hydrogen) atoms. The summed E-state index contributed by atoms with van der Waals surface area (Å²) in [5.74, 6) is 1.39. The number of nitrogens with one attached hydrogen (secondary N) is 1. The predicted octanol–water partition coefficient (Wildman–Crippen LogP) is 5.14. The van der Waals surface area contributed by atoms with Gasteiger partial charge in [0.25, 0.3) is 0 Å². The van der Waals surface area contributed by atoms with Crippen molar-refractivity contribution in [3.05, 3.63) is 94.5 Å². The number of para-hydroxylation sites is 1. The van der Waals surface area contributed by atoms with Gasteiger partial charge in [0.15, 0.2) is 11.5 Å². The smallest absolute Gasteiger partial charge is 0.166 e. The van der Waals surface area contributed by atoms with E-state index in [1.807, 2.05) is 79.7 Å². The zero-order valence-corrected chi connectivity index (χ0v) is 17.2. The van der Waals surface area contributed by atoms with Crippen LogP contribution in [0.4, 0.5) is 0 Å². The number of hydrogen-bond acceptors (Lipinski definition) is 4. The quantitative estimate of drug-likeness (QED) is 0.485. The van der Waals surface area contributed by atoms with E-state index in [1.165, 1.54) is 0 Å². The molecule has 5 heteroatoms. The lowest BCUT2D eigenvalue weighted by atomic mass is 10.1. The van der Waals surface area contributed by atoms with Gasteiger partial charge in [0, 0.05) is 29.2 Å². The third-order valence-electron chi connectivity index (χ3n) is 4.53. The van der Waals surface area contributed by atoms with E-state index in [2.05, 4.69) is 5.32 Å². The number of rotatable bonds is 10. The van der Waals surface area contributed by atoms with Crippen molar-refractivity contribution in [3.8, 4) is 11.5 Å². The molecule has 0 aliphatic carbocycles. The van der Waals surface area contributed by atoms with Crippen LogP contribution < -0.4 is 14.8 Å². The summed E-state index contributed by atoms with van der Waals surface area (Å²) < 4.78 is 11.9. The van der Waals surface area contributed by atoms with E-state index in [1.54, 1.807) is 0 Å². The molecule has 0 heterocycles. The molecule has 0 aliphatic rings. The molecule has 0 fully saturated rings. The van der Waals surface area contributed by atoms with Crippen molar-refractivity contribution >= 4 is 11.6 Å². The van der Waals surface area contributed by atoms with Crippen molar-refractivity contribution in [2.24, 2.45) is 0 Å². The Morgan fingerprint density at radius 1 is 0.897 bits per heavy atom. The van der Waals surface area contributed by atoms with Crippen LogP contribution in [0.15, 0.2) is 72.8 Å². The van der Waals surface area contributed by atoms with Gasteiger partial charge in [-0.2, -0.15) is 0 Å². The van der Waals surface area contributed by atoms with Gasteiger partial charge in [-0.15, -0.1) is 0 Å². The highest BCUT2D eigenvalue weighted by atomic mass is 35.5. The number of aliphatic hydroxyl groups is 1. The molecule has 3 aromatic rings. The lowest BCUT2D eigenvalue weighted by molar-refractivity contribution is 0.174. The maximum absolute atomic E-state index is 10.4. The highest BCUT2D eigenvalue weighted by molar-refractivity contribution is 6.31. The highest BCUT2D eigenvalue weighted by Crippen LogP contribution is 2.33. The average molecular weight is 412 g/mol. The summed E-state index contributed by atoms with van der Waals surface area (Å²) in [6.45, 7) is 3.82. The maximum Gasteiger partial charge on any atom is 0.166 e. The van der Waals surface area contributed by atoms with Gasteiger partial charge >= 0.3 is 0 Å². The van der Waals surface area contributed by atoms with Crippen molar-refractivity contribution in [3.63, 3.8) is 0 Å². The number of benzene rings is 3. The highest BCUT2D eigenvalue weighted by Gasteiger charge is 2.13. The first-order valence-electron chi connectivity index (χ1n) is 9.73. The van der Waals surface area contributed by atoms with Crippen LogP contribution in [-0.4, -0.2) is 18.3 Å². The molecule has 152 valence electrons. The van der Waals surface area contributed by atoms with Crippen molar-refractivity contribution in [2.75, 3.05) is 13.2 Å². The Balaban J connectivity index is 1.68. The van der Waals surface area contributed by atoms with Crippen LogP contribution in [0.2, 0.25) is 5.02 Å². The zero-order valence-electron chi connectivity index (χ0n) is 16.5. The number of ether oxygens (including phenoxy) is 2. The Bertz CT molecular complexity index is 902. The Morgan fingerprint density at radius 2 is 1.62 bits per heavy atom. The average Bonchev–Trinajstić information content (AvgIpc) is 2.75. The molecule has 4 nitrogen and oxygen atoms in total. The summed E-state index contributed by atoms with van der Waals surface area (Å²) in [5.41, 5.74) is 2.76. The fourth-order valence-electron chi connectivity index (χ4n) is 3.04. The summed E-state index contributed by atoms with van der Waals surface area (Å²) >= 11 is 6.26. The van der Waals surface area contributed by atoms with Crippen LogP contribution in [0.1, 0.15) is 29.7 Å². The zero-order chi connectivity index (χ0) is 20.5. The van der Waals surface area contributed by atoms with E-state index in [9.17, 15) is 5.11 Å². The van der Waals surface area contributed by atoms with E-state index < -0.39 is 6.10 Å². The number of halogens is 1. The molecule has 0 saturated heterocycles. The molecule has 0 spiro atoms. The van der Waals surface area contributed by atoms with Crippen LogP contribution in [-0.2, 0) is 13.2 Å². The third-order valence-corrected chi connectivity index (χ3v) is 4.90. The van der Waals surface area contributed by atoms with Crippen LogP contribution in [0.3, 0.4) is 0 Å². The molecule has 2 N–H and O–H groups in total. The normalized spacial score (nSPS) is 11.8. The largest absolute Gasteiger partial charge is 0.490 e. The van der Waals surface area contributed by atoms with Gasteiger partial charge < -0.3 is 19.9 Å². The van der Waals surface area contributed by atoms with Crippen molar-refractivity contribution in [2.45, 2.75) is 26.2 Å².